The zero-order valence-corrected chi connectivity index (χ0v) is 19.1. The lowest BCUT2D eigenvalue weighted by Gasteiger charge is -2.47. The van der Waals surface area contributed by atoms with Crippen LogP contribution in [0.15, 0.2) is 52.3 Å². The molecule has 2 N–H and O–H groups in total. The van der Waals surface area contributed by atoms with E-state index in [1.807, 2.05) is 11.8 Å². The van der Waals surface area contributed by atoms with Crippen LogP contribution in [0.25, 0.3) is 0 Å². The summed E-state index contributed by atoms with van der Waals surface area (Å²) in [5.41, 5.74) is 9.71. The number of likely N-dealkylation sites (N-methyl/N-ethyl adjacent to an activating group) is 1. The Morgan fingerprint density at radius 3 is 2.50 bits per heavy atom. The highest BCUT2D eigenvalue weighted by Crippen LogP contribution is 2.54. The van der Waals surface area contributed by atoms with Crippen LogP contribution < -0.4 is 10.2 Å². The SMILES string of the molecule is CCCN(C)CC(C)[N+]1(CCC)c2ccccc2Sc2ccc(C(N)=S)cc21. The maximum atomic E-state index is 6.01. The number of fused-ring (bicyclic) bond motifs is 2. The van der Waals surface area contributed by atoms with Gasteiger partial charge in [-0.25, -0.2) is 0 Å². The summed E-state index contributed by atoms with van der Waals surface area (Å²) in [6.45, 7) is 10.1. The number of thiocarbonyl (C=S) groups is 1. The monoisotopic (exact) mass is 414 g/mol. The Balaban J connectivity index is 2.21. The molecule has 0 bridgehead atoms. The van der Waals surface area contributed by atoms with E-state index in [0.29, 0.717) is 11.0 Å². The summed E-state index contributed by atoms with van der Waals surface area (Å²) < 4.78 is 0.861. The minimum atomic E-state index is 0.416. The molecule has 5 heteroatoms. The first kappa shape index (κ1) is 21.3. The highest BCUT2D eigenvalue weighted by molar-refractivity contribution is 7.99. The molecule has 0 amide bonds. The molecular weight excluding hydrogens is 382 g/mol. The van der Waals surface area contributed by atoms with Crippen LogP contribution in [0.2, 0.25) is 0 Å². The van der Waals surface area contributed by atoms with E-state index < -0.39 is 0 Å². The molecule has 1 heterocycles. The van der Waals surface area contributed by atoms with Crippen molar-refractivity contribution in [3.63, 3.8) is 0 Å². The lowest BCUT2D eigenvalue weighted by atomic mass is 10.0. The molecule has 2 unspecified atom stereocenters. The van der Waals surface area contributed by atoms with Gasteiger partial charge in [0.25, 0.3) is 0 Å². The Kier molecular flexibility index (Phi) is 6.81. The summed E-state index contributed by atoms with van der Waals surface area (Å²) >= 11 is 7.17. The molecule has 1 aliphatic rings. The van der Waals surface area contributed by atoms with Crippen molar-refractivity contribution >= 4 is 40.3 Å². The molecule has 28 heavy (non-hydrogen) atoms. The second-order valence-electron chi connectivity index (χ2n) is 7.82. The van der Waals surface area contributed by atoms with Crippen LogP contribution in [0.1, 0.15) is 39.2 Å². The van der Waals surface area contributed by atoms with Crippen molar-refractivity contribution in [1.29, 1.82) is 0 Å². The normalized spacial score (nSPS) is 19.2. The van der Waals surface area contributed by atoms with E-state index in [0.717, 1.165) is 36.1 Å². The summed E-state index contributed by atoms with van der Waals surface area (Å²) in [6, 6.07) is 15.8. The summed E-state index contributed by atoms with van der Waals surface area (Å²) in [5.74, 6) is 0. The molecule has 0 aliphatic carbocycles. The molecule has 0 saturated carbocycles. The Hall–Kier alpha value is -1.40. The number of hydrogen-bond acceptors (Lipinski definition) is 3. The zero-order valence-electron chi connectivity index (χ0n) is 17.4. The maximum absolute atomic E-state index is 6.01. The van der Waals surface area contributed by atoms with E-state index in [9.17, 15) is 0 Å². The van der Waals surface area contributed by atoms with Crippen molar-refractivity contribution in [2.24, 2.45) is 5.73 Å². The molecule has 3 rings (SSSR count). The minimum Gasteiger partial charge on any atom is -0.389 e. The number of rotatable bonds is 8. The fraction of sp³-hybridized carbons (Fsp3) is 0.435. The van der Waals surface area contributed by atoms with Crippen LogP contribution in [0.4, 0.5) is 11.4 Å². The topological polar surface area (TPSA) is 29.3 Å². The molecule has 0 aromatic heterocycles. The predicted octanol–water partition coefficient (Wildman–Crippen LogP) is 5.56. The van der Waals surface area contributed by atoms with Crippen molar-refractivity contribution in [3.8, 4) is 0 Å². The van der Waals surface area contributed by atoms with E-state index in [1.165, 1.54) is 27.6 Å². The summed E-state index contributed by atoms with van der Waals surface area (Å²) in [7, 11) is 2.24. The van der Waals surface area contributed by atoms with Gasteiger partial charge in [0.05, 0.1) is 22.9 Å². The van der Waals surface area contributed by atoms with Crippen molar-refractivity contribution in [3.05, 3.63) is 48.0 Å². The quantitative estimate of drug-likeness (QED) is 0.452. The zero-order chi connectivity index (χ0) is 20.3. The largest absolute Gasteiger partial charge is 0.389 e. The number of benzene rings is 2. The summed E-state index contributed by atoms with van der Waals surface area (Å²) in [4.78, 5) is 5.60. The van der Waals surface area contributed by atoms with Crippen LogP contribution in [-0.2, 0) is 0 Å². The van der Waals surface area contributed by atoms with E-state index in [2.05, 4.69) is 75.2 Å². The average molecular weight is 415 g/mol. The third-order valence-electron chi connectivity index (χ3n) is 5.70. The van der Waals surface area contributed by atoms with E-state index in [4.69, 9.17) is 18.0 Å². The Morgan fingerprint density at radius 1 is 1.11 bits per heavy atom. The molecule has 0 radical (unpaired) electrons. The highest BCUT2D eigenvalue weighted by atomic mass is 32.2. The molecule has 150 valence electrons. The Bertz CT molecular complexity index is 851. The van der Waals surface area contributed by atoms with Crippen molar-refractivity contribution < 1.29 is 0 Å². The highest BCUT2D eigenvalue weighted by Gasteiger charge is 2.45. The van der Waals surface area contributed by atoms with Gasteiger partial charge in [-0.1, -0.05) is 56.0 Å². The molecule has 2 aromatic rings. The first-order valence-electron chi connectivity index (χ1n) is 10.2. The van der Waals surface area contributed by atoms with Crippen LogP contribution in [-0.4, -0.2) is 42.6 Å². The van der Waals surface area contributed by atoms with Crippen molar-refractivity contribution in [1.82, 2.24) is 9.38 Å². The molecule has 3 nitrogen and oxygen atoms in total. The van der Waals surface area contributed by atoms with E-state index in [-0.39, 0.29) is 0 Å². The van der Waals surface area contributed by atoms with Gasteiger partial charge >= 0.3 is 0 Å². The van der Waals surface area contributed by atoms with Gasteiger partial charge in [0, 0.05) is 17.7 Å². The summed E-state index contributed by atoms with van der Waals surface area (Å²) in [6.07, 6.45) is 2.28. The number of hydrogen-bond donors (Lipinski definition) is 1. The predicted molar refractivity (Wildman–Crippen MR) is 127 cm³/mol. The van der Waals surface area contributed by atoms with Crippen LogP contribution in [0.3, 0.4) is 0 Å². The van der Waals surface area contributed by atoms with Gasteiger partial charge < -0.3 is 10.6 Å². The molecular formula is C23H32N3S2+. The van der Waals surface area contributed by atoms with Gasteiger partial charge in [0.2, 0.25) is 0 Å². The van der Waals surface area contributed by atoms with Crippen LogP contribution >= 0.6 is 24.0 Å². The van der Waals surface area contributed by atoms with Crippen molar-refractivity contribution in [2.75, 3.05) is 26.7 Å². The van der Waals surface area contributed by atoms with Crippen molar-refractivity contribution in [2.45, 2.75) is 49.4 Å². The molecule has 0 saturated heterocycles. The standard InChI is InChI=1S/C23H31N3S2/c1-5-13-25(4)16-17(3)26(14-6-2)19-9-7-8-10-21(19)28-22-12-11-18(23(24)27)15-20(22)26/h7-12,15,17H,5-6,13-14,16H2,1-4H3,(H-,24,27)/p+1. The molecule has 2 aromatic carbocycles. The van der Waals surface area contributed by atoms with E-state index >= 15 is 0 Å². The molecule has 1 aliphatic heterocycles. The smallest absolute Gasteiger partial charge is 0.153 e. The van der Waals surface area contributed by atoms with Gasteiger partial charge in [-0.3, -0.25) is 4.48 Å². The number of nitrogens with zero attached hydrogens (tertiary/aromatic N) is 2. The summed E-state index contributed by atoms with van der Waals surface area (Å²) in [5, 5.41) is 0. The third kappa shape index (κ3) is 3.86. The average Bonchev–Trinajstić information content (AvgIpc) is 2.67. The fourth-order valence-corrected chi connectivity index (χ4v) is 5.85. The van der Waals surface area contributed by atoms with Gasteiger partial charge in [-0.2, -0.15) is 0 Å². The second kappa shape index (κ2) is 8.95. The van der Waals surface area contributed by atoms with Gasteiger partial charge in [0.1, 0.15) is 11.0 Å². The first-order valence-corrected chi connectivity index (χ1v) is 11.4. The van der Waals surface area contributed by atoms with E-state index in [1.54, 1.807) is 0 Å². The van der Waals surface area contributed by atoms with Crippen LogP contribution in [0, 0.1) is 0 Å². The Morgan fingerprint density at radius 2 is 1.82 bits per heavy atom. The number of para-hydroxylation sites is 1. The molecule has 2 atom stereocenters. The lowest BCUT2D eigenvalue weighted by molar-refractivity contribution is 0.214. The molecule has 0 fully saturated rings. The van der Waals surface area contributed by atoms with Crippen LogP contribution in [0.5, 0.6) is 0 Å². The minimum absolute atomic E-state index is 0.416. The van der Waals surface area contributed by atoms with Gasteiger partial charge in [0.15, 0.2) is 11.4 Å². The maximum Gasteiger partial charge on any atom is 0.153 e. The second-order valence-corrected chi connectivity index (χ2v) is 9.34. The van der Waals surface area contributed by atoms with Gasteiger partial charge in [-0.15, -0.1) is 0 Å². The number of nitrogens with two attached hydrogens (primary N) is 1. The fourth-order valence-electron chi connectivity index (χ4n) is 4.54. The molecule has 0 spiro atoms. The first-order chi connectivity index (χ1) is 13.4. The third-order valence-corrected chi connectivity index (χ3v) is 7.06. The van der Waals surface area contributed by atoms with Gasteiger partial charge in [-0.05, 0) is 45.5 Å². The lowest BCUT2D eigenvalue weighted by Crippen LogP contribution is -2.57. The Labute approximate surface area is 179 Å². The number of quaternary nitrogens is 1.